The molecule has 0 bridgehead atoms. The number of nitrogens with zero attached hydrogens (tertiary/aromatic N) is 4. The van der Waals surface area contributed by atoms with Crippen molar-refractivity contribution in [3.8, 4) is 0 Å². The number of aryl methyl sites for hydroxylation is 1. The number of hydrogen-bond donors (Lipinski definition) is 5. The SMILES string of the molecule is Cc1ccc2ccc(NC(=O)CCN(CCCNC(=O)CCCN)CCC(=O)NCc3ccc4ccc(=O)[nH]c4n3)nc2n1. The van der Waals surface area contributed by atoms with Gasteiger partial charge in [-0.15, -0.1) is 0 Å². The first-order valence-electron chi connectivity index (χ1n) is 14.8. The molecule has 44 heavy (non-hydrogen) atoms. The number of anilines is 1. The van der Waals surface area contributed by atoms with Crippen molar-refractivity contribution in [3.63, 3.8) is 0 Å². The summed E-state index contributed by atoms with van der Waals surface area (Å²) >= 11 is 0. The average Bonchev–Trinajstić information content (AvgIpc) is 3.01. The van der Waals surface area contributed by atoms with Crippen molar-refractivity contribution in [1.29, 1.82) is 0 Å². The van der Waals surface area contributed by atoms with Crippen LogP contribution in [0.15, 0.2) is 53.3 Å². The Kier molecular flexibility index (Phi) is 11.8. The Labute approximate surface area is 255 Å². The molecular formula is C31H39N9O4. The number of nitrogens with one attached hydrogen (secondary N) is 4. The summed E-state index contributed by atoms with van der Waals surface area (Å²) in [6.07, 6.45) is 2.10. The minimum atomic E-state index is -0.240. The van der Waals surface area contributed by atoms with Gasteiger partial charge in [0.25, 0.3) is 0 Å². The molecule has 4 rings (SSSR count). The van der Waals surface area contributed by atoms with Crippen LogP contribution in [-0.4, -0.2) is 75.3 Å². The average molecular weight is 602 g/mol. The van der Waals surface area contributed by atoms with Crippen LogP contribution >= 0.6 is 0 Å². The van der Waals surface area contributed by atoms with E-state index in [1.807, 2.05) is 36.1 Å². The highest BCUT2D eigenvalue weighted by Crippen LogP contribution is 2.14. The molecule has 0 saturated carbocycles. The number of fused-ring (bicyclic) bond motifs is 2. The highest BCUT2D eigenvalue weighted by molar-refractivity contribution is 5.91. The molecule has 0 fully saturated rings. The number of carbonyl (C=O) groups excluding carboxylic acids is 3. The molecule has 3 amide bonds. The lowest BCUT2D eigenvalue weighted by atomic mass is 10.2. The second-order valence-corrected chi connectivity index (χ2v) is 10.5. The Bertz CT molecular complexity index is 1660. The highest BCUT2D eigenvalue weighted by atomic mass is 16.2. The number of rotatable bonds is 16. The van der Waals surface area contributed by atoms with E-state index in [2.05, 4.69) is 35.9 Å². The maximum absolute atomic E-state index is 12.8. The van der Waals surface area contributed by atoms with Crippen molar-refractivity contribution >= 4 is 45.6 Å². The molecule has 232 valence electrons. The molecule has 4 aromatic rings. The topological polar surface area (TPSA) is 188 Å². The molecule has 0 aromatic carbocycles. The smallest absolute Gasteiger partial charge is 0.249 e. The Morgan fingerprint density at radius 3 is 2.34 bits per heavy atom. The molecule has 0 spiro atoms. The number of carbonyl (C=O) groups is 3. The van der Waals surface area contributed by atoms with Gasteiger partial charge in [-0.3, -0.25) is 19.2 Å². The highest BCUT2D eigenvalue weighted by Gasteiger charge is 2.13. The predicted molar refractivity (Wildman–Crippen MR) is 169 cm³/mol. The van der Waals surface area contributed by atoms with Gasteiger partial charge in [-0.2, -0.15) is 0 Å². The van der Waals surface area contributed by atoms with E-state index in [4.69, 9.17) is 5.73 Å². The molecule has 0 saturated heterocycles. The molecule has 6 N–H and O–H groups in total. The maximum atomic E-state index is 12.8. The molecule has 0 aliphatic heterocycles. The molecule has 13 nitrogen and oxygen atoms in total. The van der Waals surface area contributed by atoms with E-state index in [1.54, 1.807) is 18.2 Å². The molecule has 13 heteroatoms. The van der Waals surface area contributed by atoms with Gasteiger partial charge >= 0.3 is 0 Å². The predicted octanol–water partition coefficient (Wildman–Crippen LogP) is 1.76. The third-order valence-electron chi connectivity index (χ3n) is 6.96. The normalized spacial score (nSPS) is 11.2. The second kappa shape index (κ2) is 16.2. The van der Waals surface area contributed by atoms with E-state index in [0.717, 1.165) is 16.5 Å². The first-order chi connectivity index (χ1) is 21.3. The van der Waals surface area contributed by atoms with Gasteiger partial charge in [0, 0.05) is 61.4 Å². The number of aromatic nitrogens is 4. The van der Waals surface area contributed by atoms with Crippen LogP contribution < -0.4 is 27.2 Å². The summed E-state index contributed by atoms with van der Waals surface area (Å²) in [7, 11) is 0. The van der Waals surface area contributed by atoms with E-state index >= 15 is 0 Å². The van der Waals surface area contributed by atoms with Crippen molar-refractivity contribution in [2.75, 3.05) is 38.0 Å². The third-order valence-corrected chi connectivity index (χ3v) is 6.96. The maximum Gasteiger partial charge on any atom is 0.249 e. The van der Waals surface area contributed by atoms with Gasteiger partial charge < -0.3 is 31.6 Å². The summed E-state index contributed by atoms with van der Waals surface area (Å²) in [6, 6.07) is 14.2. The monoisotopic (exact) mass is 601 g/mol. The van der Waals surface area contributed by atoms with E-state index in [9.17, 15) is 19.2 Å². The van der Waals surface area contributed by atoms with E-state index in [-0.39, 0.29) is 42.7 Å². The molecule has 0 aliphatic rings. The van der Waals surface area contributed by atoms with Gasteiger partial charge in [-0.25, -0.2) is 15.0 Å². The third kappa shape index (κ3) is 10.2. The molecule has 4 heterocycles. The fourth-order valence-electron chi connectivity index (χ4n) is 4.55. The van der Waals surface area contributed by atoms with E-state index in [0.29, 0.717) is 74.8 Å². The zero-order valence-corrected chi connectivity index (χ0v) is 24.9. The van der Waals surface area contributed by atoms with Crippen LogP contribution in [0.3, 0.4) is 0 Å². The van der Waals surface area contributed by atoms with E-state index in [1.165, 1.54) is 6.07 Å². The van der Waals surface area contributed by atoms with E-state index < -0.39 is 0 Å². The molecular weight excluding hydrogens is 562 g/mol. The van der Waals surface area contributed by atoms with Crippen LogP contribution in [0.5, 0.6) is 0 Å². The van der Waals surface area contributed by atoms with Crippen molar-refractivity contribution < 1.29 is 14.4 Å². The fraction of sp³-hybridized carbons (Fsp3) is 0.387. The molecule has 0 atom stereocenters. The quantitative estimate of drug-likeness (QED) is 0.119. The fourth-order valence-corrected chi connectivity index (χ4v) is 4.55. The minimum absolute atomic E-state index is 0.0419. The molecule has 0 aliphatic carbocycles. The van der Waals surface area contributed by atoms with Crippen molar-refractivity contribution in [2.24, 2.45) is 5.73 Å². The lowest BCUT2D eigenvalue weighted by molar-refractivity contribution is -0.122. The van der Waals surface area contributed by atoms with Crippen LogP contribution in [0.4, 0.5) is 5.82 Å². The van der Waals surface area contributed by atoms with Gasteiger partial charge in [0.2, 0.25) is 23.3 Å². The zero-order chi connectivity index (χ0) is 31.3. The lowest BCUT2D eigenvalue weighted by Gasteiger charge is -2.22. The molecule has 0 unspecified atom stereocenters. The Morgan fingerprint density at radius 2 is 1.52 bits per heavy atom. The van der Waals surface area contributed by atoms with Crippen LogP contribution in [0.2, 0.25) is 0 Å². The van der Waals surface area contributed by atoms with Crippen LogP contribution in [-0.2, 0) is 20.9 Å². The summed E-state index contributed by atoms with van der Waals surface area (Å²) < 4.78 is 0. The number of nitrogens with two attached hydrogens (primary N) is 1. The van der Waals surface area contributed by atoms with Crippen molar-refractivity contribution in [1.82, 2.24) is 35.5 Å². The van der Waals surface area contributed by atoms with Crippen LogP contribution in [0, 0.1) is 6.92 Å². The second-order valence-electron chi connectivity index (χ2n) is 10.5. The van der Waals surface area contributed by atoms with Crippen molar-refractivity contribution in [3.05, 3.63) is 70.3 Å². The standard InChI is InChI=1S/C31H39N9O4/c1-21-5-6-22-8-11-25(38-30(22)35-21)37-29(44)14-19-40(17-3-16-33-26(41)4-2-15-32)18-13-27(42)34-20-24-10-7-23-9-12-28(43)39-31(23)36-24/h5-12H,2-4,13-20,32H2,1H3,(H,33,41)(H,34,42)(H,36,39,43)(H,35,37,38,44). The Balaban J connectivity index is 1.28. The summed E-state index contributed by atoms with van der Waals surface area (Å²) in [6.45, 7) is 4.50. The zero-order valence-electron chi connectivity index (χ0n) is 24.9. The first kappa shape index (κ1) is 32.2. The summed E-state index contributed by atoms with van der Waals surface area (Å²) in [5, 5.41) is 10.3. The molecule has 0 radical (unpaired) electrons. The van der Waals surface area contributed by atoms with Crippen LogP contribution in [0.1, 0.15) is 43.5 Å². The Hall–Kier alpha value is -4.75. The van der Waals surface area contributed by atoms with Crippen LogP contribution in [0.25, 0.3) is 22.1 Å². The summed E-state index contributed by atoms with van der Waals surface area (Å²) in [5.41, 5.74) is 7.73. The summed E-state index contributed by atoms with van der Waals surface area (Å²) in [4.78, 5) is 67.0. The number of amides is 3. The number of H-pyrrole nitrogens is 1. The summed E-state index contributed by atoms with van der Waals surface area (Å²) in [5.74, 6) is 0.0217. The van der Waals surface area contributed by atoms with Gasteiger partial charge in [-0.1, -0.05) is 0 Å². The minimum Gasteiger partial charge on any atom is -0.356 e. The van der Waals surface area contributed by atoms with Gasteiger partial charge in [0.1, 0.15) is 11.5 Å². The van der Waals surface area contributed by atoms with Gasteiger partial charge in [0.15, 0.2) is 5.65 Å². The van der Waals surface area contributed by atoms with Gasteiger partial charge in [-0.05, 0) is 75.3 Å². The number of pyridine rings is 4. The largest absolute Gasteiger partial charge is 0.356 e. The first-order valence-corrected chi connectivity index (χ1v) is 14.8. The number of hydrogen-bond acceptors (Lipinski definition) is 9. The number of aromatic amines is 1. The van der Waals surface area contributed by atoms with Crippen molar-refractivity contribution in [2.45, 2.75) is 45.6 Å². The van der Waals surface area contributed by atoms with Gasteiger partial charge in [0.05, 0.1) is 12.2 Å². The molecule has 4 aromatic heterocycles. The lowest BCUT2D eigenvalue weighted by Crippen LogP contribution is -2.35. The Morgan fingerprint density at radius 1 is 0.795 bits per heavy atom.